The average molecular weight is 333 g/mol. The van der Waals surface area contributed by atoms with Gasteiger partial charge in [-0.3, -0.25) is 4.79 Å². The number of carbonyl (C=O) groups is 1. The molecule has 1 unspecified atom stereocenters. The molecule has 21 heavy (non-hydrogen) atoms. The van der Waals surface area contributed by atoms with Gasteiger partial charge in [0.25, 0.3) is 0 Å². The van der Waals surface area contributed by atoms with Gasteiger partial charge in [0.15, 0.2) is 0 Å². The van der Waals surface area contributed by atoms with Crippen LogP contribution in [0.2, 0.25) is 5.02 Å². The third-order valence-corrected chi connectivity index (χ3v) is 3.75. The monoisotopic (exact) mass is 332 g/mol. The molecule has 1 amide bonds. The number of nitrogens with one attached hydrogen (secondary N) is 1. The number of hydrogen-bond donors (Lipinski definition) is 2. The van der Waals surface area contributed by atoms with Crippen LogP contribution in [0, 0.1) is 5.92 Å². The second kappa shape index (κ2) is 9.13. The van der Waals surface area contributed by atoms with Gasteiger partial charge in [-0.25, -0.2) is 0 Å². The van der Waals surface area contributed by atoms with Gasteiger partial charge in [0, 0.05) is 19.0 Å². The predicted molar refractivity (Wildman–Crippen MR) is 87.1 cm³/mol. The predicted octanol–water partition coefficient (Wildman–Crippen LogP) is 2.77. The van der Waals surface area contributed by atoms with Crippen molar-refractivity contribution in [3.05, 3.63) is 29.3 Å². The Kier molecular flexibility index (Phi) is 7.86. The molecule has 1 aliphatic carbocycles. The van der Waals surface area contributed by atoms with Crippen molar-refractivity contribution >= 4 is 29.9 Å². The molecule has 1 aliphatic rings. The van der Waals surface area contributed by atoms with Crippen LogP contribution in [0.3, 0.4) is 0 Å². The fourth-order valence-corrected chi connectivity index (χ4v) is 2.31. The molecule has 0 heterocycles. The maximum atomic E-state index is 11.8. The molecule has 0 aliphatic heterocycles. The van der Waals surface area contributed by atoms with Crippen molar-refractivity contribution < 1.29 is 9.53 Å². The summed E-state index contributed by atoms with van der Waals surface area (Å²) in [6, 6.07) is 7.47. The summed E-state index contributed by atoms with van der Waals surface area (Å²) in [7, 11) is 0. The summed E-state index contributed by atoms with van der Waals surface area (Å²) in [5.74, 6) is 1.30. The number of para-hydroxylation sites is 1. The minimum Gasteiger partial charge on any atom is -0.492 e. The van der Waals surface area contributed by atoms with E-state index < -0.39 is 0 Å². The van der Waals surface area contributed by atoms with Gasteiger partial charge in [0.05, 0.1) is 11.6 Å². The number of nitrogens with two attached hydrogens (primary N) is 1. The zero-order valence-corrected chi connectivity index (χ0v) is 13.5. The highest BCUT2D eigenvalue weighted by molar-refractivity contribution is 6.32. The molecule has 4 nitrogen and oxygen atoms in total. The summed E-state index contributed by atoms with van der Waals surface area (Å²) >= 11 is 5.98. The first kappa shape index (κ1) is 18.1. The molecular formula is C15H22Cl2N2O2. The van der Waals surface area contributed by atoms with E-state index in [1.165, 1.54) is 12.8 Å². The van der Waals surface area contributed by atoms with E-state index in [2.05, 4.69) is 5.32 Å². The van der Waals surface area contributed by atoms with Crippen molar-refractivity contribution in [2.24, 2.45) is 11.7 Å². The number of amides is 1. The maximum Gasteiger partial charge on any atom is 0.220 e. The highest BCUT2D eigenvalue weighted by Gasteiger charge is 2.30. The molecule has 0 bridgehead atoms. The third-order valence-electron chi connectivity index (χ3n) is 3.43. The summed E-state index contributed by atoms with van der Waals surface area (Å²) in [5.41, 5.74) is 5.66. The lowest BCUT2D eigenvalue weighted by molar-refractivity contribution is -0.122. The Morgan fingerprint density at radius 1 is 1.43 bits per heavy atom. The molecule has 0 spiro atoms. The van der Waals surface area contributed by atoms with Crippen molar-refractivity contribution in [2.45, 2.75) is 31.7 Å². The van der Waals surface area contributed by atoms with Crippen molar-refractivity contribution in [2.75, 3.05) is 13.2 Å². The third kappa shape index (κ3) is 6.12. The second-order valence-electron chi connectivity index (χ2n) is 5.13. The first-order chi connectivity index (χ1) is 9.70. The molecule has 0 aromatic heterocycles. The molecule has 1 fully saturated rings. The van der Waals surface area contributed by atoms with Crippen LogP contribution in [0.4, 0.5) is 0 Å². The van der Waals surface area contributed by atoms with Crippen LogP contribution in [-0.2, 0) is 4.79 Å². The van der Waals surface area contributed by atoms with Gasteiger partial charge in [0.1, 0.15) is 5.75 Å². The standard InChI is InChI=1S/C15H21ClN2O2.ClH/c16-12-4-1-2-5-14(12)20-9-3-6-15(19)18-13(10-17)11-7-8-11;/h1-2,4-5,11,13H,3,6-10,17H2,(H,18,19);1H. The molecule has 1 aromatic rings. The van der Waals surface area contributed by atoms with Crippen molar-refractivity contribution in [3.8, 4) is 5.75 Å². The fourth-order valence-electron chi connectivity index (χ4n) is 2.12. The molecule has 0 radical (unpaired) electrons. The lowest BCUT2D eigenvalue weighted by Crippen LogP contribution is -2.41. The van der Waals surface area contributed by atoms with Crippen LogP contribution in [0.1, 0.15) is 25.7 Å². The molecular weight excluding hydrogens is 311 g/mol. The van der Waals surface area contributed by atoms with Gasteiger partial charge in [-0.15, -0.1) is 12.4 Å². The zero-order chi connectivity index (χ0) is 14.4. The maximum absolute atomic E-state index is 11.8. The van der Waals surface area contributed by atoms with Gasteiger partial charge in [-0.05, 0) is 37.3 Å². The topological polar surface area (TPSA) is 64.3 Å². The highest BCUT2D eigenvalue weighted by Crippen LogP contribution is 2.32. The quantitative estimate of drug-likeness (QED) is 0.719. The summed E-state index contributed by atoms with van der Waals surface area (Å²) in [4.78, 5) is 11.8. The second-order valence-corrected chi connectivity index (χ2v) is 5.54. The van der Waals surface area contributed by atoms with Crippen LogP contribution in [0.5, 0.6) is 5.75 Å². The van der Waals surface area contributed by atoms with E-state index in [0.29, 0.717) is 42.7 Å². The molecule has 1 saturated carbocycles. The number of ether oxygens (including phenoxy) is 1. The molecule has 0 saturated heterocycles. The van der Waals surface area contributed by atoms with E-state index in [4.69, 9.17) is 22.1 Å². The Morgan fingerprint density at radius 3 is 2.76 bits per heavy atom. The van der Waals surface area contributed by atoms with Crippen LogP contribution in [0.25, 0.3) is 0 Å². The summed E-state index contributed by atoms with van der Waals surface area (Å²) < 4.78 is 5.54. The lowest BCUT2D eigenvalue weighted by Gasteiger charge is -2.16. The Bertz CT molecular complexity index is 453. The molecule has 1 aromatic carbocycles. The molecule has 2 rings (SSSR count). The number of rotatable bonds is 8. The molecule has 118 valence electrons. The summed E-state index contributed by atoms with van der Waals surface area (Å²) in [5, 5.41) is 3.58. The number of carbonyl (C=O) groups excluding carboxylic acids is 1. The SMILES string of the molecule is Cl.NCC(NC(=O)CCCOc1ccccc1Cl)C1CC1. The molecule has 6 heteroatoms. The minimum atomic E-state index is 0. The highest BCUT2D eigenvalue weighted by atomic mass is 35.5. The van der Waals surface area contributed by atoms with E-state index in [1.54, 1.807) is 6.07 Å². The van der Waals surface area contributed by atoms with Gasteiger partial charge >= 0.3 is 0 Å². The van der Waals surface area contributed by atoms with Crippen LogP contribution < -0.4 is 15.8 Å². The molecule has 1 atom stereocenters. The smallest absolute Gasteiger partial charge is 0.220 e. The van der Waals surface area contributed by atoms with Crippen molar-refractivity contribution in [3.63, 3.8) is 0 Å². The van der Waals surface area contributed by atoms with Crippen LogP contribution >= 0.6 is 24.0 Å². The van der Waals surface area contributed by atoms with Gasteiger partial charge in [-0.1, -0.05) is 23.7 Å². The van der Waals surface area contributed by atoms with Gasteiger partial charge in [-0.2, -0.15) is 0 Å². The van der Waals surface area contributed by atoms with E-state index >= 15 is 0 Å². The Hall–Kier alpha value is -0.970. The van der Waals surface area contributed by atoms with E-state index in [1.807, 2.05) is 18.2 Å². The van der Waals surface area contributed by atoms with E-state index in [9.17, 15) is 4.79 Å². The Labute approximate surface area is 136 Å². The Morgan fingerprint density at radius 2 is 2.14 bits per heavy atom. The van der Waals surface area contributed by atoms with Crippen LogP contribution in [0.15, 0.2) is 24.3 Å². The summed E-state index contributed by atoms with van der Waals surface area (Å²) in [6.45, 7) is 1.00. The fraction of sp³-hybridized carbons (Fsp3) is 0.533. The number of halogens is 2. The first-order valence-corrected chi connectivity index (χ1v) is 7.45. The largest absolute Gasteiger partial charge is 0.492 e. The number of hydrogen-bond acceptors (Lipinski definition) is 3. The summed E-state index contributed by atoms with van der Waals surface area (Å²) in [6.07, 6.45) is 3.47. The first-order valence-electron chi connectivity index (χ1n) is 7.07. The normalized spacial score (nSPS) is 15.0. The van der Waals surface area contributed by atoms with Crippen molar-refractivity contribution in [1.82, 2.24) is 5.32 Å². The van der Waals surface area contributed by atoms with Gasteiger partial charge < -0.3 is 15.8 Å². The number of benzene rings is 1. The average Bonchev–Trinajstić information content (AvgIpc) is 3.27. The molecule has 3 N–H and O–H groups in total. The minimum absolute atomic E-state index is 0. The van der Waals surface area contributed by atoms with Crippen LogP contribution in [-0.4, -0.2) is 25.1 Å². The van der Waals surface area contributed by atoms with Gasteiger partial charge in [0.2, 0.25) is 5.91 Å². The van der Waals surface area contributed by atoms with E-state index in [0.717, 1.165) is 0 Å². The van der Waals surface area contributed by atoms with E-state index in [-0.39, 0.29) is 24.4 Å². The Balaban J connectivity index is 0.00000220. The lowest BCUT2D eigenvalue weighted by atomic mass is 10.2. The van der Waals surface area contributed by atoms with Crippen molar-refractivity contribution in [1.29, 1.82) is 0 Å². The zero-order valence-electron chi connectivity index (χ0n) is 11.9.